The van der Waals surface area contributed by atoms with Crippen molar-refractivity contribution in [3.8, 4) is 17.2 Å². The average molecular weight is 346 g/mol. The van der Waals surface area contributed by atoms with Gasteiger partial charge in [0.15, 0.2) is 5.75 Å². The maximum atomic E-state index is 12.5. The molecule has 128 valence electrons. The lowest BCUT2D eigenvalue weighted by Crippen LogP contribution is -2.05. The second-order valence-corrected chi connectivity index (χ2v) is 5.13. The summed E-state index contributed by atoms with van der Waals surface area (Å²) in [6, 6.07) is 11.7. The van der Waals surface area contributed by atoms with Crippen molar-refractivity contribution in [2.45, 2.75) is 12.8 Å². The van der Waals surface area contributed by atoms with E-state index in [0.29, 0.717) is 22.8 Å². The quantitative estimate of drug-likeness (QED) is 0.661. The number of alkyl halides is 3. The highest BCUT2D eigenvalue weighted by atomic mass is 19.4. The molecule has 0 aliphatic carbocycles. The molecule has 0 radical (unpaired) electrons. The van der Waals surface area contributed by atoms with Gasteiger partial charge in [0.25, 0.3) is 0 Å². The maximum absolute atomic E-state index is 12.5. The van der Waals surface area contributed by atoms with E-state index in [1.807, 2.05) is 0 Å². The summed E-state index contributed by atoms with van der Waals surface area (Å²) < 4.78 is 48.7. The van der Waals surface area contributed by atoms with E-state index in [2.05, 4.69) is 9.97 Å². The third kappa shape index (κ3) is 4.69. The number of ether oxygens (including phenoxy) is 2. The highest BCUT2D eigenvalue weighted by Gasteiger charge is 2.29. The van der Waals surface area contributed by atoms with Crippen LogP contribution in [0.2, 0.25) is 0 Å². The summed E-state index contributed by atoms with van der Waals surface area (Å²) in [5.41, 5.74) is -0.0302. The lowest BCUT2D eigenvalue weighted by atomic mass is 10.1. The van der Waals surface area contributed by atoms with E-state index < -0.39 is 11.7 Å². The molecule has 0 amide bonds. The number of halogens is 3. The van der Waals surface area contributed by atoms with Gasteiger partial charge in [0.05, 0.1) is 18.0 Å². The standard InChI is InChI=1S/C18H13F3N2O2/c19-18(20,21)14-3-1-13(2-4-14)11-24-15-5-7-16(8-6-15)25-17-9-22-12-23-10-17/h1-10,12H,11H2. The molecule has 0 saturated heterocycles. The minimum Gasteiger partial charge on any atom is -0.489 e. The van der Waals surface area contributed by atoms with E-state index in [-0.39, 0.29) is 6.61 Å². The molecule has 25 heavy (non-hydrogen) atoms. The van der Waals surface area contributed by atoms with Crippen LogP contribution >= 0.6 is 0 Å². The molecular weight excluding hydrogens is 333 g/mol. The first kappa shape index (κ1) is 16.8. The third-order valence-corrected chi connectivity index (χ3v) is 3.28. The fourth-order valence-corrected chi connectivity index (χ4v) is 2.03. The van der Waals surface area contributed by atoms with Gasteiger partial charge < -0.3 is 9.47 Å². The smallest absolute Gasteiger partial charge is 0.416 e. The van der Waals surface area contributed by atoms with Crippen LogP contribution in [0.4, 0.5) is 13.2 Å². The Labute approximate surface area is 141 Å². The zero-order chi connectivity index (χ0) is 17.7. The van der Waals surface area contributed by atoms with Crippen molar-refractivity contribution in [3.05, 3.63) is 78.4 Å². The Morgan fingerprint density at radius 1 is 0.760 bits per heavy atom. The van der Waals surface area contributed by atoms with E-state index in [1.54, 1.807) is 36.7 Å². The summed E-state index contributed by atoms with van der Waals surface area (Å²) in [5.74, 6) is 1.69. The Morgan fingerprint density at radius 2 is 1.36 bits per heavy atom. The molecule has 0 atom stereocenters. The van der Waals surface area contributed by atoms with Crippen molar-refractivity contribution in [2.75, 3.05) is 0 Å². The molecule has 1 heterocycles. The Morgan fingerprint density at radius 3 is 1.96 bits per heavy atom. The minimum atomic E-state index is -4.33. The summed E-state index contributed by atoms with van der Waals surface area (Å²) in [5, 5.41) is 0. The molecule has 0 saturated carbocycles. The summed E-state index contributed by atoms with van der Waals surface area (Å²) in [4.78, 5) is 7.70. The number of benzene rings is 2. The first-order chi connectivity index (χ1) is 12.0. The maximum Gasteiger partial charge on any atom is 0.416 e. The zero-order valence-corrected chi connectivity index (χ0v) is 12.9. The molecule has 4 nitrogen and oxygen atoms in total. The van der Waals surface area contributed by atoms with Crippen molar-refractivity contribution in [1.29, 1.82) is 0 Å². The molecule has 0 aliphatic heterocycles. The van der Waals surface area contributed by atoms with Crippen LogP contribution in [-0.2, 0) is 12.8 Å². The molecule has 0 spiro atoms. The van der Waals surface area contributed by atoms with Crippen LogP contribution in [0.15, 0.2) is 67.3 Å². The van der Waals surface area contributed by atoms with Gasteiger partial charge in [0.1, 0.15) is 24.4 Å². The van der Waals surface area contributed by atoms with Crippen molar-refractivity contribution in [3.63, 3.8) is 0 Å². The Bertz CT molecular complexity index is 804. The molecule has 7 heteroatoms. The summed E-state index contributed by atoms with van der Waals surface area (Å²) in [7, 11) is 0. The monoisotopic (exact) mass is 346 g/mol. The van der Waals surface area contributed by atoms with Crippen molar-refractivity contribution in [1.82, 2.24) is 9.97 Å². The fourth-order valence-electron chi connectivity index (χ4n) is 2.03. The predicted molar refractivity (Wildman–Crippen MR) is 84.3 cm³/mol. The average Bonchev–Trinajstić information content (AvgIpc) is 2.62. The number of nitrogens with zero attached hydrogens (tertiary/aromatic N) is 2. The van der Waals surface area contributed by atoms with Crippen LogP contribution in [0.3, 0.4) is 0 Å². The van der Waals surface area contributed by atoms with Gasteiger partial charge in [0.2, 0.25) is 0 Å². The Hall–Kier alpha value is -3.09. The normalized spacial score (nSPS) is 11.2. The molecular formula is C18H13F3N2O2. The van der Waals surface area contributed by atoms with Crippen LogP contribution in [0.5, 0.6) is 17.2 Å². The molecule has 0 aliphatic rings. The second-order valence-electron chi connectivity index (χ2n) is 5.13. The lowest BCUT2D eigenvalue weighted by molar-refractivity contribution is -0.137. The van der Waals surface area contributed by atoms with Crippen LogP contribution in [0, 0.1) is 0 Å². The van der Waals surface area contributed by atoms with Gasteiger partial charge in [-0.2, -0.15) is 13.2 Å². The lowest BCUT2D eigenvalue weighted by Gasteiger charge is -2.10. The summed E-state index contributed by atoms with van der Waals surface area (Å²) >= 11 is 0. The highest BCUT2D eigenvalue weighted by molar-refractivity contribution is 5.34. The van der Waals surface area contributed by atoms with Gasteiger partial charge in [-0.05, 0) is 42.0 Å². The molecule has 2 aromatic carbocycles. The van der Waals surface area contributed by atoms with Gasteiger partial charge >= 0.3 is 6.18 Å². The topological polar surface area (TPSA) is 44.2 Å². The zero-order valence-electron chi connectivity index (χ0n) is 12.9. The Balaban J connectivity index is 1.57. The van der Waals surface area contributed by atoms with E-state index in [4.69, 9.17) is 9.47 Å². The predicted octanol–water partition coefficient (Wildman–Crippen LogP) is 4.87. The van der Waals surface area contributed by atoms with Crippen molar-refractivity contribution >= 4 is 0 Å². The number of aromatic nitrogens is 2. The van der Waals surface area contributed by atoms with Crippen LogP contribution < -0.4 is 9.47 Å². The van der Waals surface area contributed by atoms with Crippen LogP contribution in [0.25, 0.3) is 0 Å². The second kappa shape index (κ2) is 7.21. The number of hydrogen-bond acceptors (Lipinski definition) is 4. The first-order valence-corrected chi connectivity index (χ1v) is 7.32. The SMILES string of the molecule is FC(F)(F)c1ccc(COc2ccc(Oc3cncnc3)cc2)cc1. The minimum absolute atomic E-state index is 0.171. The third-order valence-electron chi connectivity index (χ3n) is 3.28. The molecule has 0 fully saturated rings. The number of rotatable bonds is 5. The van der Waals surface area contributed by atoms with E-state index in [1.165, 1.54) is 18.5 Å². The Kier molecular flexibility index (Phi) is 4.83. The highest BCUT2D eigenvalue weighted by Crippen LogP contribution is 2.29. The van der Waals surface area contributed by atoms with E-state index in [0.717, 1.165) is 12.1 Å². The van der Waals surface area contributed by atoms with E-state index in [9.17, 15) is 13.2 Å². The summed E-state index contributed by atoms with van der Waals surface area (Å²) in [6.45, 7) is 0.171. The van der Waals surface area contributed by atoms with Gasteiger partial charge in [-0.15, -0.1) is 0 Å². The molecule has 3 aromatic rings. The molecule has 0 N–H and O–H groups in total. The van der Waals surface area contributed by atoms with Crippen LogP contribution in [-0.4, -0.2) is 9.97 Å². The summed E-state index contributed by atoms with van der Waals surface area (Å²) in [6.07, 6.45) is 0.161. The number of hydrogen-bond donors (Lipinski definition) is 0. The largest absolute Gasteiger partial charge is 0.489 e. The van der Waals surface area contributed by atoms with Gasteiger partial charge in [-0.1, -0.05) is 12.1 Å². The molecule has 0 bridgehead atoms. The van der Waals surface area contributed by atoms with Crippen molar-refractivity contribution in [2.24, 2.45) is 0 Å². The van der Waals surface area contributed by atoms with E-state index >= 15 is 0 Å². The van der Waals surface area contributed by atoms with Gasteiger partial charge in [0, 0.05) is 0 Å². The van der Waals surface area contributed by atoms with Crippen molar-refractivity contribution < 1.29 is 22.6 Å². The molecule has 3 rings (SSSR count). The van der Waals surface area contributed by atoms with Crippen LogP contribution in [0.1, 0.15) is 11.1 Å². The van der Waals surface area contributed by atoms with Gasteiger partial charge in [-0.3, -0.25) is 0 Å². The fraction of sp³-hybridized carbons (Fsp3) is 0.111. The van der Waals surface area contributed by atoms with Gasteiger partial charge in [-0.25, -0.2) is 9.97 Å². The molecule has 1 aromatic heterocycles. The molecule has 0 unspecified atom stereocenters. The first-order valence-electron chi connectivity index (χ1n) is 7.32.